The van der Waals surface area contributed by atoms with E-state index in [2.05, 4.69) is 20.4 Å². The van der Waals surface area contributed by atoms with Crippen LogP contribution in [0.25, 0.3) is 11.5 Å². The van der Waals surface area contributed by atoms with Gasteiger partial charge in [-0.25, -0.2) is 8.42 Å². The molecule has 7 nitrogen and oxygen atoms in total. The van der Waals surface area contributed by atoms with E-state index in [4.69, 9.17) is 4.52 Å². The van der Waals surface area contributed by atoms with Crippen LogP contribution in [0.5, 0.6) is 0 Å². The van der Waals surface area contributed by atoms with Gasteiger partial charge in [0.25, 0.3) is 5.89 Å². The number of sulfone groups is 1. The Balaban J connectivity index is 0.00000192. The van der Waals surface area contributed by atoms with Crippen LogP contribution in [0.4, 0.5) is 0 Å². The summed E-state index contributed by atoms with van der Waals surface area (Å²) in [5, 5.41) is 7.34. The van der Waals surface area contributed by atoms with Gasteiger partial charge in [0.15, 0.2) is 15.7 Å². The van der Waals surface area contributed by atoms with Gasteiger partial charge in [0.1, 0.15) is 0 Å². The van der Waals surface area contributed by atoms with Gasteiger partial charge in [-0.2, -0.15) is 4.98 Å². The molecule has 2 aromatic rings. The molecule has 0 aliphatic carbocycles. The third-order valence-electron chi connectivity index (χ3n) is 3.76. The summed E-state index contributed by atoms with van der Waals surface area (Å²) in [6.07, 6.45) is 1.17. The normalized spacial score (nSPS) is 19.3. The fraction of sp³-hybridized carbons (Fsp3) is 0.429. The zero-order valence-electron chi connectivity index (χ0n) is 12.9. The Bertz CT molecular complexity index is 778. The average molecular weight is 359 g/mol. The molecule has 1 aromatic carbocycles. The monoisotopic (exact) mass is 358 g/mol. The molecule has 1 aliphatic rings. The average Bonchev–Trinajstić information content (AvgIpc) is 2.97. The van der Waals surface area contributed by atoms with Gasteiger partial charge in [-0.05, 0) is 25.2 Å². The molecule has 1 saturated heterocycles. The van der Waals surface area contributed by atoms with Crippen LogP contribution in [0, 0.1) is 0 Å². The van der Waals surface area contributed by atoms with Gasteiger partial charge in [0.2, 0.25) is 0 Å². The Morgan fingerprint density at radius 2 is 2.17 bits per heavy atom. The molecule has 1 atom stereocenters. The molecule has 1 N–H and O–H groups in total. The standard InChI is InChI=1S/C14H18N4O3S.ClH/c1-18-7-6-15-9-12(18)13-16-14(21-17-13)10-4-3-5-11(8-10)22(2,19)20;/h3-5,8,12,15H,6-7,9H2,1-2H3;1H. The first-order chi connectivity index (χ1) is 10.4. The minimum Gasteiger partial charge on any atom is -0.334 e. The van der Waals surface area contributed by atoms with Crippen molar-refractivity contribution in [3.05, 3.63) is 30.1 Å². The lowest BCUT2D eigenvalue weighted by Gasteiger charge is -2.30. The van der Waals surface area contributed by atoms with Crippen molar-refractivity contribution in [2.24, 2.45) is 0 Å². The predicted molar refractivity (Wildman–Crippen MR) is 88.3 cm³/mol. The van der Waals surface area contributed by atoms with Crippen LogP contribution in [0.3, 0.4) is 0 Å². The minimum absolute atomic E-state index is 0. The van der Waals surface area contributed by atoms with Crippen molar-refractivity contribution in [2.75, 3.05) is 32.9 Å². The van der Waals surface area contributed by atoms with Crippen molar-refractivity contribution in [3.8, 4) is 11.5 Å². The fourth-order valence-electron chi connectivity index (χ4n) is 2.44. The lowest BCUT2D eigenvalue weighted by atomic mass is 10.2. The SMILES string of the molecule is CN1CCNCC1c1noc(-c2cccc(S(C)(=O)=O)c2)n1.Cl. The number of nitrogens with one attached hydrogen (secondary N) is 1. The van der Waals surface area contributed by atoms with Crippen LogP contribution >= 0.6 is 12.4 Å². The molecule has 0 radical (unpaired) electrons. The highest BCUT2D eigenvalue weighted by molar-refractivity contribution is 7.90. The van der Waals surface area contributed by atoms with Crippen LogP contribution in [0.15, 0.2) is 33.7 Å². The van der Waals surface area contributed by atoms with Gasteiger partial charge >= 0.3 is 0 Å². The number of likely N-dealkylation sites (N-methyl/N-ethyl adjacent to an activating group) is 1. The first-order valence-electron chi connectivity index (χ1n) is 7.00. The highest BCUT2D eigenvalue weighted by atomic mass is 35.5. The molecule has 23 heavy (non-hydrogen) atoms. The third-order valence-corrected chi connectivity index (χ3v) is 4.87. The second-order valence-electron chi connectivity index (χ2n) is 5.46. The highest BCUT2D eigenvalue weighted by Gasteiger charge is 2.25. The van der Waals surface area contributed by atoms with Crippen LogP contribution in [0.1, 0.15) is 11.9 Å². The van der Waals surface area contributed by atoms with Gasteiger partial charge < -0.3 is 9.84 Å². The van der Waals surface area contributed by atoms with E-state index in [1.807, 2.05) is 7.05 Å². The Hall–Kier alpha value is -1.48. The number of hydrogen-bond donors (Lipinski definition) is 1. The number of halogens is 1. The maximum Gasteiger partial charge on any atom is 0.258 e. The molecule has 2 heterocycles. The quantitative estimate of drug-likeness (QED) is 0.880. The largest absolute Gasteiger partial charge is 0.334 e. The summed E-state index contributed by atoms with van der Waals surface area (Å²) >= 11 is 0. The maximum atomic E-state index is 11.6. The van der Waals surface area contributed by atoms with Crippen molar-refractivity contribution >= 4 is 22.2 Å². The molecule has 9 heteroatoms. The van der Waals surface area contributed by atoms with Crippen molar-refractivity contribution in [1.82, 2.24) is 20.4 Å². The minimum atomic E-state index is -3.26. The fourth-order valence-corrected chi connectivity index (χ4v) is 3.11. The zero-order chi connectivity index (χ0) is 15.7. The van der Waals surface area contributed by atoms with Gasteiger partial charge in [-0.15, -0.1) is 12.4 Å². The molecule has 3 rings (SSSR count). The molecule has 1 aromatic heterocycles. The van der Waals surface area contributed by atoms with Crippen LogP contribution in [-0.4, -0.2) is 56.4 Å². The second kappa shape index (κ2) is 6.96. The topological polar surface area (TPSA) is 88.3 Å². The highest BCUT2D eigenvalue weighted by Crippen LogP contribution is 2.24. The van der Waals surface area contributed by atoms with Gasteiger partial charge in [0, 0.05) is 31.5 Å². The number of nitrogens with zero attached hydrogens (tertiary/aromatic N) is 3. The second-order valence-corrected chi connectivity index (χ2v) is 7.47. The Morgan fingerprint density at radius 1 is 1.39 bits per heavy atom. The summed E-state index contributed by atoms with van der Waals surface area (Å²) < 4.78 is 28.6. The number of piperazine rings is 1. The van der Waals surface area contributed by atoms with Gasteiger partial charge in [0.05, 0.1) is 10.9 Å². The number of aromatic nitrogens is 2. The predicted octanol–water partition coefficient (Wildman–Crippen LogP) is 1.14. The molecule has 1 aliphatic heterocycles. The maximum absolute atomic E-state index is 11.6. The molecule has 0 saturated carbocycles. The number of hydrogen-bond acceptors (Lipinski definition) is 7. The molecule has 0 spiro atoms. The summed E-state index contributed by atoms with van der Waals surface area (Å²) in [4.78, 5) is 6.83. The molecular formula is C14H19ClN4O3S. The van der Waals surface area contributed by atoms with Gasteiger partial charge in [-0.1, -0.05) is 11.2 Å². The Kier molecular flexibility index (Phi) is 5.41. The van der Waals surface area contributed by atoms with E-state index in [0.717, 1.165) is 19.6 Å². The molecular weight excluding hydrogens is 340 g/mol. The van der Waals surface area contributed by atoms with Crippen molar-refractivity contribution < 1.29 is 12.9 Å². The van der Waals surface area contributed by atoms with E-state index in [0.29, 0.717) is 17.3 Å². The summed E-state index contributed by atoms with van der Waals surface area (Å²) in [6, 6.07) is 6.59. The summed E-state index contributed by atoms with van der Waals surface area (Å²) in [5.41, 5.74) is 0.605. The summed E-state index contributed by atoms with van der Waals surface area (Å²) in [7, 11) is -1.24. The Morgan fingerprint density at radius 3 is 2.87 bits per heavy atom. The van der Waals surface area contributed by atoms with E-state index < -0.39 is 9.84 Å². The van der Waals surface area contributed by atoms with E-state index in [1.165, 1.54) is 6.26 Å². The molecule has 0 amide bonds. The van der Waals surface area contributed by atoms with E-state index in [9.17, 15) is 8.42 Å². The molecule has 0 bridgehead atoms. The summed E-state index contributed by atoms with van der Waals surface area (Å²) in [5.74, 6) is 0.939. The lowest BCUT2D eigenvalue weighted by Crippen LogP contribution is -2.44. The molecule has 1 unspecified atom stereocenters. The first kappa shape index (κ1) is 17.9. The lowest BCUT2D eigenvalue weighted by molar-refractivity contribution is 0.190. The van der Waals surface area contributed by atoms with Crippen LogP contribution in [0.2, 0.25) is 0 Å². The van der Waals surface area contributed by atoms with Gasteiger partial charge in [-0.3, -0.25) is 4.90 Å². The number of rotatable bonds is 3. The summed E-state index contributed by atoms with van der Waals surface area (Å²) in [6.45, 7) is 2.62. The third kappa shape index (κ3) is 3.89. The van der Waals surface area contributed by atoms with Crippen molar-refractivity contribution in [3.63, 3.8) is 0 Å². The van der Waals surface area contributed by atoms with E-state index in [1.54, 1.807) is 24.3 Å². The van der Waals surface area contributed by atoms with Crippen molar-refractivity contribution in [1.29, 1.82) is 0 Å². The van der Waals surface area contributed by atoms with Crippen LogP contribution < -0.4 is 5.32 Å². The van der Waals surface area contributed by atoms with Crippen molar-refractivity contribution in [2.45, 2.75) is 10.9 Å². The number of benzene rings is 1. The zero-order valence-corrected chi connectivity index (χ0v) is 14.5. The van der Waals surface area contributed by atoms with E-state index in [-0.39, 0.29) is 23.3 Å². The first-order valence-corrected chi connectivity index (χ1v) is 8.89. The van der Waals surface area contributed by atoms with Crippen LogP contribution in [-0.2, 0) is 9.84 Å². The Labute approximate surface area is 141 Å². The molecule has 126 valence electrons. The smallest absolute Gasteiger partial charge is 0.258 e. The molecule has 1 fully saturated rings. The van der Waals surface area contributed by atoms with E-state index >= 15 is 0 Å².